The predicted octanol–water partition coefficient (Wildman–Crippen LogP) is 1.53. The number of nitrogens with zero attached hydrogens (tertiary/aromatic N) is 4. The lowest BCUT2D eigenvalue weighted by Crippen LogP contribution is -2.40. The van der Waals surface area contributed by atoms with Crippen LogP contribution < -0.4 is 0 Å². The molecule has 2 rings (SSSR count). The van der Waals surface area contributed by atoms with Crippen molar-refractivity contribution in [1.29, 1.82) is 0 Å². The van der Waals surface area contributed by atoms with Crippen molar-refractivity contribution in [2.24, 2.45) is 13.0 Å². The molecule has 0 N–H and O–H groups in total. The molecule has 1 fully saturated rings. The molecule has 5 heteroatoms. The van der Waals surface area contributed by atoms with E-state index in [4.69, 9.17) is 0 Å². The van der Waals surface area contributed by atoms with Crippen LogP contribution in [0.1, 0.15) is 35.9 Å². The third-order valence-electron chi connectivity index (χ3n) is 4.20. The SMILES string of the molecule is Cc1cc(C(=O)N(C)CCN2CCC(C)CC2)n(C)n1. The quantitative estimate of drug-likeness (QED) is 0.839. The zero-order valence-electron chi connectivity index (χ0n) is 13.1. The zero-order chi connectivity index (χ0) is 14.7. The number of piperidine rings is 1. The van der Waals surface area contributed by atoms with Crippen molar-refractivity contribution >= 4 is 5.91 Å². The number of hydrogen-bond donors (Lipinski definition) is 0. The number of likely N-dealkylation sites (tertiary alicyclic amines) is 1. The van der Waals surface area contributed by atoms with Gasteiger partial charge in [-0.15, -0.1) is 0 Å². The molecule has 0 aliphatic carbocycles. The van der Waals surface area contributed by atoms with Crippen LogP contribution in [0, 0.1) is 12.8 Å². The van der Waals surface area contributed by atoms with Gasteiger partial charge in [0.05, 0.1) is 5.69 Å². The fourth-order valence-corrected chi connectivity index (χ4v) is 2.68. The van der Waals surface area contributed by atoms with E-state index in [0.717, 1.165) is 37.8 Å². The molecule has 20 heavy (non-hydrogen) atoms. The first kappa shape index (κ1) is 15.0. The maximum Gasteiger partial charge on any atom is 0.271 e. The summed E-state index contributed by atoms with van der Waals surface area (Å²) in [5.41, 5.74) is 1.55. The normalized spacial score (nSPS) is 17.4. The van der Waals surface area contributed by atoms with Crippen LogP contribution >= 0.6 is 0 Å². The first-order valence-electron chi connectivity index (χ1n) is 7.46. The molecule has 1 saturated heterocycles. The lowest BCUT2D eigenvalue weighted by molar-refractivity contribution is 0.0757. The van der Waals surface area contributed by atoms with Crippen molar-refractivity contribution in [2.45, 2.75) is 26.7 Å². The van der Waals surface area contributed by atoms with Gasteiger partial charge in [0.2, 0.25) is 0 Å². The molecule has 0 radical (unpaired) electrons. The van der Waals surface area contributed by atoms with Gasteiger partial charge in [0.25, 0.3) is 5.91 Å². The van der Waals surface area contributed by atoms with Crippen LogP contribution in [-0.4, -0.2) is 58.7 Å². The molecule has 1 aliphatic heterocycles. The molecule has 112 valence electrons. The van der Waals surface area contributed by atoms with Crippen molar-refractivity contribution < 1.29 is 4.79 Å². The smallest absolute Gasteiger partial charge is 0.271 e. The van der Waals surface area contributed by atoms with E-state index in [9.17, 15) is 4.79 Å². The second-order valence-electron chi connectivity index (χ2n) is 6.05. The highest BCUT2D eigenvalue weighted by Crippen LogP contribution is 2.15. The number of rotatable bonds is 4. The number of likely N-dealkylation sites (N-methyl/N-ethyl adjacent to an activating group) is 1. The van der Waals surface area contributed by atoms with E-state index in [1.54, 1.807) is 9.58 Å². The van der Waals surface area contributed by atoms with Gasteiger partial charge in [-0.3, -0.25) is 9.48 Å². The van der Waals surface area contributed by atoms with Crippen LogP contribution in [-0.2, 0) is 7.05 Å². The van der Waals surface area contributed by atoms with Crippen LogP contribution in [0.3, 0.4) is 0 Å². The standard InChI is InChI=1S/C15H26N4O/c1-12-5-7-19(8-6-12)10-9-17(3)15(20)14-11-13(2)16-18(14)4/h11-12H,5-10H2,1-4H3. The fraction of sp³-hybridized carbons (Fsp3) is 0.733. The summed E-state index contributed by atoms with van der Waals surface area (Å²) >= 11 is 0. The fourth-order valence-electron chi connectivity index (χ4n) is 2.68. The number of aromatic nitrogens is 2. The van der Waals surface area contributed by atoms with Crippen molar-refractivity contribution in [2.75, 3.05) is 33.2 Å². The van der Waals surface area contributed by atoms with Gasteiger partial charge in [0.15, 0.2) is 0 Å². The van der Waals surface area contributed by atoms with Crippen molar-refractivity contribution in [1.82, 2.24) is 19.6 Å². The third kappa shape index (κ3) is 3.60. The van der Waals surface area contributed by atoms with E-state index in [-0.39, 0.29) is 5.91 Å². The van der Waals surface area contributed by atoms with E-state index in [0.29, 0.717) is 5.69 Å². The van der Waals surface area contributed by atoms with Gasteiger partial charge < -0.3 is 9.80 Å². The minimum Gasteiger partial charge on any atom is -0.339 e. The number of amides is 1. The Kier molecular flexibility index (Phi) is 4.81. The molecule has 0 bridgehead atoms. The average molecular weight is 278 g/mol. The topological polar surface area (TPSA) is 41.4 Å². The molecular weight excluding hydrogens is 252 g/mol. The highest BCUT2D eigenvalue weighted by atomic mass is 16.2. The summed E-state index contributed by atoms with van der Waals surface area (Å²) in [7, 11) is 3.69. The van der Waals surface area contributed by atoms with Crippen molar-refractivity contribution in [3.63, 3.8) is 0 Å². The molecule has 1 amide bonds. The second kappa shape index (κ2) is 6.39. The Morgan fingerprint density at radius 3 is 2.65 bits per heavy atom. The molecule has 0 atom stereocenters. The van der Waals surface area contributed by atoms with E-state index in [1.165, 1.54) is 12.8 Å². The summed E-state index contributed by atoms with van der Waals surface area (Å²) in [4.78, 5) is 16.6. The van der Waals surface area contributed by atoms with E-state index in [1.807, 2.05) is 27.1 Å². The van der Waals surface area contributed by atoms with Gasteiger partial charge in [0.1, 0.15) is 5.69 Å². The molecule has 0 unspecified atom stereocenters. The lowest BCUT2D eigenvalue weighted by Gasteiger charge is -2.31. The van der Waals surface area contributed by atoms with Gasteiger partial charge in [-0.25, -0.2) is 0 Å². The average Bonchev–Trinajstić information content (AvgIpc) is 2.76. The molecule has 0 spiro atoms. The Labute approximate surface area is 121 Å². The first-order valence-corrected chi connectivity index (χ1v) is 7.46. The Bertz CT molecular complexity index is 460. The van der Waals surface area contributed by atoms with Gasteiger partial charge >= 0.3 is 0 Å². The third-order valence-corrected chi connectivity index (χ3v) is 4.20. The van der Waals surface area contributed by atoms with Crippen LogP contribution in [0.4, 0.5) is 0 Å². The summed E-state index contributed by atoms with van der Waals surface area (Å²) in [6, 6.07) is 1.85. The van der Waals surface area contributed by atoms with Gasteiger partial charge in [0, 0.05) is 27.2 Å². The van der Waals surface area contributed by atoms with Crippen LogP contribution in [0.15, 0.2) is 6.07 Å². The van der Waals surface area contributed by atoms with Crippen LogP contribution in [0.2, 0.25) is 0 Å². The molecule has 1 aliphatic rings. The van der Waals surface area contributed by atoms with Crippen LogP contribution in [0.25, 0.3) is 0 Å². The molecule has 2 heterocycles. The minimum absolute atomic E-state index is 0.0541. The summed E-state index contributed by atoms with van der Waals surface area (Å²) in [6.45, 7) is 8.29. The number of carbonyl (C=O) groups excluding carboxylic acids is 1. The lowest BCUT2D eigenvalue weighted by atomic mass is 9.99. The van der Waals surface area contributed by atoms with E-state index in [2.05, 4.69) is 16.9 Å². The monoisotopic (exact) mass is 278 g/mol. The predicted molar refractivity (Wildman–Crippen MR) is 79.7 cm³/mol. The maximum atomic E-state index is 12.4. The molecular formula is C15H26N4O. The first-order chi connectivity index (χ1) is 9.47. The zero-order valence-corrected chi connectivity index (χ0v) is 13.1. The van der Waals surface area contributed by atoms with E-state index >= 15 is 0 Å². The Hall–Kier alpha value is -1.36. The van der Waals surface area contributed by atoms with E-state index < -0.39 is 0 Å². The molecule has 1 aromatic heterocycles. The maximum absolute atomic E-state index is 12.4. The van der Waals surface area contributed by atoms with Gasteiger partial charge in [-0.05, 0) is 44.8 Å². The summed E-state index contributed by atoms with van der Waals surface area (Å²) in [6.07, 6.45) is 2.55. The summed E-state index contributed by atoms with van der Waals surface area (Å²) in [5.74, 6) is 0.904. The number of carbonyl (C=O) groups is 1. The van der Waals surface area contributed by atoms with Crippen LogP contribution in [0.5, 0.6) is 0 Å². The molecule has 1 aromatic rings. The van der Waals surface area contributed by atoms with Crippen molar-refractivity contribution in [3.05, 3.63) is 17.5 Å². The Balaban J connectivity index is 1.84. The molecule has 5 nitrogen and oxygen atoms in total. The Morgan fingerprint density at radius 1 is 1.45 bits per heavy atom. The second-order valence-corrected chi connectivity index (χ2v) is 6.05. The van der Waals surface area contributed by atoms with Gasteiger partial charge in [-0.2, -0.15) is 5.10 Å². The number of aryl methyl sites for hydroxylation is 2. The highest BCUT2D eigenvalue weighted by molar-refractivity contribution is 5.92. The molecule has 0 saturated carbocycles. The van der Waals surface area contributed by atoms with Crippen molar-refractivity contribution in [3.8, 4) is 0 Å². The Morgan fingerprint density at radius 2 is 2.10 bits per heavy atom. The molecule has 0 aromatic carbocycles. The number of hydrogen-bond acceptors (Lipinski definition) is 3. The van der Waals surface area contributed by atoms with Gasteiger partial charge in [-0.1, -0.05) is 6.92 Å². The largest absolute Gasteiger partial charge is 0.339 e. The summed E-state index contributed by atoms with van der Waals surface area (Å²) < 4.78 is 1.66. The summed E-state index contributed by atoms with van der Waals surface area (Å²) in [5, 5.41) is 4.23. The minimum atomic E-state index is 0.0541. The highest BCUT2D eigenvalue weighted by Gasteiger charge is 2.19.